The molecular weight excluding hydrogens is 500 g/mol. The Labute approximate surface area is 229 Å². The van der Waals surface area contributed by atoms with Crippen LogP contribution in [-0.4, -0.2) is 32.8 Å². The summed E-state index contributed by atoms with van der Waals surface area (Å²) in [5, 5.41) is 9.89. The summed E-state index contributed by atoms with van der Waals surface area (Å²) in [4.78, 5) is 31.4. The smallest absolute Gasteiger partial charge is 0.270 e. The number of hydrogen-bond acceptors (Lipinski definition) is 6. The molecule has 2 aromatic rings. The number of hydrogen-bond donors (Lipinski definition) is 0. The van der Waals surface area contributed by atoms with Crippen molar-refractivity contribution >= 4 is 46.1 Å². The van der Waals surface area contributed by atoms with Gasteiger partial charge in [-0.2, -0.15) is 5.26 Å². The van der Waals surface area contributed by atoms with Gasteiger partial charge in [-0.05, 0) is 56.2 Å². The van der Waals surface area contributed by atoms with E-state index < -0.39 is 0 Å². The Balaban J connectivity index is 1.80. The highest BCUT2D eigenvalue weighted by molar-refractivity contribution is 8.26. The molecule has 0 spiro atoms. The molecule has 2 aliphatic heterocycles. The maximum Gasteiger partial charge on any atom is 0.270 e. The third-order valence-corrected chi connectivity index (χ3v) is 8.65. The molecule has 1 aromatic heterocycles. The molecule has 0 N–H and O–H groups in total. The summed E-state index contributed by atoms with van der Waals surface area (Å²) in [6.45, 7) is 10.8. The monoisotopic (exact) mass is 534 g/mol. The third-order valence-electron chi connectivity index (χ3n) is 7.28. The number of aryl methyl sites for hydroxylation is 1. The van der Waals surface area contributed by atoms with E-state index in [4.69, 9.17) is 12.2 Å². The topological polar surface area (TPSA) is 69.3 Å². The average molecular weight is 535 g/mol. The first-order chi connectivity index (χ1) is 17.7. The van der Waals surface area contributed by atoms with Crippen molar-refractivity contribution in [2.75, 3.05) is 18.0 Å². The standard InChI is InChI=1S/C29H34N4O2S2/c1-5-6-13-32-26(31-14-11-20(3)12-15-31)23(21(4)24(17-30)27(32)34)16-25-28(35)33(29(36)37-25)18-22-9-7-19(2)8-10-22/h7-10,16,20H,5-6,11-15,18H2,1-4H3. The van der Waals surface area contributed by atoms with E-state index in [0.29, 0.717) is 33.8 Å². The van der Waals surface area contributed by atoms with Crippen LogP contribution in [0, 0.1) is 31.1 Å². The first-order valence-electron chi connectivity index (χ1n) is 13.0. The van der Waals surface area contributed by atoms with Crippen LogP contribution in [0.4, 0.5) is 5.82 Å². The first-order valence-corrected chi connectivity index (χ1v) is 14.2. The minimum Gasteiger partial charge on any atom is -0.357 e. The summed E-state index contributed by atoms with van der Waals surface area (Å²) in [7, 11) is 0. The molecule has 0 aliphatic carbocycles. The first kappa shape index (κ1) is 27.2. The van der Waals surface area contributed by atoms with Crippen LogP contribution in [0.25, 0.3) is 6.08 Å². The molecular formula is C29H34N4O2S2. The van der Waals surface area contributed by atoms with Crippen molar-refractivity contribution in [3.8, 4) is 6.07 Å². The lowest BCUT2D eigenvalue weighted by atomic mass is 9.97. The van der Waals surface area contributed by atoms with Gasteiger partial charge in [-0.3, -0.25) is 19.1 Å². The molecule has 37 heavy (non-hydrogen) atoms. The second kappa shape index (κ2) is 11.7. The molecule has 1 aromatic carbocycles. The van der Waals surface area contributed by atoms with Crippen LogP contribution in [0.1, 0.15) is 67.3 Å². The summed E-state index contributed by atoms with van der Waals surface area (Å²) in [6.07, 6.45) is 5.72. The zero-order valence-electron chi connectivity index (χ0n) is 22.0. The van der Waals surface area contributed by atoms with E-state index in [9.17, 15) is 14.9 Å². The fourth-order valence-corrected chi connectivity index (χ4v) is 6.11. The molecule has 2 fully saturated rings. The third kappa shape index (κ3) is 5.68. The number of thioether (sulfide) groups is 1. The van der Waals surface area contributed by atoms with E-state index >= 15 is 0 Å². The van der Waals surface area contributed by atoms with Crippen molar-refractivity contribution < 1.29 is 4.79 Å². The van der Waals surface area contributed by atoms with Gasteiger partial charge in [-0.1, -0.05) is 74.1 Å². The second-order valence-corrected chi connectivity index (χ2v) is 11.8. The van der Waals surface area contributed by atoms with Gasteiger partial charge in [0.2, 0.25) is 0 Å². The fraction of sp³-hybridized carbons (Fsp3) is 0.448. The van der Waals surface area contributed by atoms with Gasteiger partial charge in [0.05, 0.1) is 11.4 Å². The SMILES string of the molecule is CCCCn1c(N2CCC(C)CC2)c(C=C2SC(=S)N(Cc3ccc(C)cc3)C2=O)c(C)c(C#N)c1=O. The Kier molecular flexibility index (Phi) is 8.56. The van der Waals surface area contributed by atoms with Crippen LogP contribution in [0.2, 0.25) is 0 Å². The molecule has 6 nitrogen and oxygen atoms in total. The highest BCUT2D eigenvalue weighted by atomic mass is 32.2. The Morgan fingerprint density at radius 1 is 1.16 bits per heavy atom. The normalized spacial score (nSPS) is 17.6. The molecule has 0 bridgehead atoms. The van der Waals surface area contributed by atoms with Crippen LogP contribution >= 0.6 is 24.0 Å². The maximum atomic E-state index is 13.5. The van der Waals surface area contributed by atoms with Crippen molar-refractivity contribution in [2.24, 2.45) is 5.92 Å². The number of amides is 1. The number of carbonyl (C=O) groups excluding carboxylic acids is 1. The van der Waals surface area contributed by atoms with Gasteiger partial charge in [0.15, 0.2) is 0 Å². The number of pyridine rings is 1. The number of rotatable bonds is 7. The Morgan fingerprint density at radius 3 is 2.46 bits per heavy atom. The van der Waals surface area contributed by atoms with E-state index in [1.54, 1.807) is 9.47 Å². The summed E-state index contributed by atoms with van der Waals surface area (Å²) >= 11 is 6.89. The minimum absolute atomic E-state index is 0.141. The molecule has 3 heterocycles. The van der Waals surface area contributed by atoms with Crippen LogP contribution in [0.3, 0.4) is 0 Å². The predicted octanol–water partition coefficient (Wildman–Crippen LogP) is 5.77. The van der Waals surface area contributed by atoms with Crippen LogP contribution in [0.5, 0.6) is 0 Å². The Hall–Kier alpha value is -2.89. The van der Waals surface area contributed by atoms with Crippen molar-refractivity contribution in [1.82, 2.24) is 9.47 Å². The van der Waals surface area contributed by atoms with Gasteiger partial charge in [0, 0.05) is 25.2 Å². The zero-order valence-corrected chi connectivity index (χ0v) is 23.7. The summed E-state index contributed by atoms with van der Waals surface area (Å²) < 4.78 is 2.28. The molecule has 2 aliphatic rings. The van der Waals surface area contributed by atoms with Crippen LogP contribution in [0.15, 0.2) is 34.0 Å². The highest BCUT2D eigenvalue weighted by Crippen LogP contribution is 2.37. The van der Waals surface area contributed by atoms with E-state index in [1.807, 2.05) is 44.2 Å². The molecule has 0 radical (unpaired) electrons. The largest absolute Gasteiger partial charge is 0.357 e. The summed E-state index contributed by atoms with van der Waals surface area (Å²) in [6, 6.07) is 10.2. The van der Waals surface area contributed by atoms with E-state index in [1.165, 1.54) is 11.8 Å². The molecule has 0 saturated carbocycles. The van der Waals surface area contributed by atoms with Gasteiger partial charge < -0.3 is 4.90 Å². The van der Waals surface area contributed by atoms with Crippen LogP contribution < -0.4 is 10.5 Å². The van der Waals surface area contributed by atoms with E-state index in [-0.39, 0.29) is 17.0 Å². The molecule has 1 amide bonds. The number of aromatic nitrogens is 1. The number of nitrogens with zero attached hydrogens (tertiary/aromatic N) is 4. The van der Waals surface area contributed by atoms with Crippen molar-refractivity contribution in [2.45, 2.75) is 66.5 Å². The lowest BCUT2D eigenvalue weighted by Crippen LogP contribution is -2.39. The van der Waals surface area contributed by atoms with E-state index in [2.05, 4.69) is 24.8 Å². The van der Waals surface area contributed by atoms with Gasteiger partial charge in [-0.25, -0.2) is 0 Å². The van der Waals surface area contributed by atoms with Gasteiger partial charge in [0.1, 0.15) is 21.8 Å². The lowest BCUT2D eigenvalue weighted by Gasteiger charge is -2.35. The molecule has 2 saturated heterocycles. The lowest BCUT2D eigenvalue weighted by molar-refractivity contribution is -0.122. The minimum atomic E-state index is -0.244. The Morgan fingerprint density at radius 2 is 1.84 bits per heavy atom. The van der Waals surface area contributed by atoms with Gasteiger partial charge >= 0.3 is 0 Å². The summed E-state index contributed by atoms with van der Waals surface area (Å²) in [5.74, 6) is 1.32. The maximum absolute atomic E-state index is 13.5. The fourth-order valence-electron chi connectivity index (χ4n) is 4.87. The number of carbonyl (C=O) groups is 1. The molecule has 194 valence electrons. The predicted molar refractivity (Wildman–Crippen MR) is 156 cm³/mol. The van der Waals surface area contributed by atoms with Gasteiger partial charge in [-0.15, -0.1) is 0 Å². The average Bonchev–Trinajstić information content (AvgIpc) is 3.14. The van der Waals surface area contributed by atoms with Crippen molar-refractivity contribution in [3.63, 3.8) is 0 Å². The number of nitriles is 1. The highest BCUT2D eigenvalue weighted by Gasteiger charge is 2.33. The number of benzene rings is 1. The second-order valence-electron chi connectivity index (χ2n) is 10.1. The number of piperidine rings is 1. The summed E-state index contributed by atoms with van der Waals surface area (Å²) in [5.41, 5.74) is 3.48. The Bertz CT molecular complexity index is 1330. The van der Waals surface area contributed by atoms with E-state index in [0.717, 1.165) is 61.3 Å². The molecule has 8 heteroatoms. The molecule has 4 rings (SSSR count). The van der Waals surface area contributed by atoms with Crippen LogP contribution in [-0.2, 0) is 17.9 Å². The number of thiocarbonyl (C=S) groups is 1. The zero-order chi connectivity index (χ0) is 26.7. The number of anilines is 1. The van der Waals surface area contributed by atoms with Crippen molar-refractivity contribution in [1.29, 1.82) is 5.26 Å². The van der Waals surface area contributed by atoms with Crippen molar-refractivity contribution in [3.05, 3.63) is 67.3 Å². The molecule has 0 unspecified atom stereocenters. The van der Waals surface area contributed by atoms with Gasteiger partial charge in [0.25, 0.3) is 11.5 Å². The quantitative estimate of drug-likeness (QED) is 0.332. The number of unbranched alkanes of at least 4 members (excludes halogenated alkanes) is 1. The molecule has 0 atom stereocenters.